The number of benzene rings is 1. The van der Waals surface area contributed by atoms with Gasteiger partial charge in [-0.05, 0) is 17.7 Å². The second-order valence-electron chi connectivity index (χ2n) is 5.17. The number of nitrogens with zero attached hydrogens (tertiary/aromatic N) is 1. The maximum absolute atomic E-state index is 13.3. The van der Waals surface area contributed by atoms with Crippen LogP contribution in [-0.4, -0.2) is 50.3 Å². The lowest BCUT2D eigenvalue weighted by Crippen LogP contribution is -2.44. The van der Waals surface area contributed by atoms with E-state index in [0.29, 0.717) is 25.3 Å². The number of rotatable bonds is 5. The molecule has 1 heterocycles. The van der Waals surface area contributed by atoms with Crippen molar-refractivity contribution in [1.29, 1.82) is 0 Å². The molecule has 0 aliphatic carbocycles. The van der Waals surface area contributed by atoms with E-state index >= 15 is 0 Å². The second kappa shape index (κ2) is 7.62. The molecule has 2 atom stereocenters. The van der Waals surface area contributed by atoms with Gasteiger partial charge in [-0.1, -0.05) is 6.07 Å². The van der Waals surface area contributed by atoms with E-state index in [0.717, 1.165) is 12.1 Å². The summed E-state index contributed by atoms with van der Waals surface area (Å²) in [5.41, 5.74) is 6.03. The second-order valence-corrected chi connectivity index (χ2v) is 5.17. The Balaban J connectivity index is 2.02. The summed E-state index contributed by atoms with van der Waals surface area (Å²) in [6, 6.07) is 3.63. The van der Waals surface area contributed by atoms with Crippen LogP contribution in [-0.2, 0) is 14.3 Å². The van der Waals surface area contributed by atoms with Gasteiger partial charge in [-0.15, -0.1) is 0 Å². The predicted octanol–water partition coefficient (Wildman–Crippen LogP) is 1.23. The Morgan fingerprint density at radius 1 is 1.50 bits per heavy atom. The van der Waals surface area contributed by atoms with E-state index in [4.69, 9.17) is 15.2 Å². The van der Waals surface area contributed by atoms with Crippen LogP contribution in [0.4, 0.5) is 8.78 Å². The lowest BCUT2D eigenvalue weighted by atomic mass is 10.1. The minimum absolute atomic E-state index is 0.0896. The minimum Gasteiger partial charge on any atom is -0.380 e. The molecule has 1 aromatic rings. The average molecular weight is 314 g/mol. The van der Waals surface area contributed by atoms with Gasteiger partial charge in [0.15, 0.2) is 11.6 Å². The van der Waals surface area contributed by atoms with Gasteiger partial charge in [-0.25, -0.2) is 8.78 Å². The topological polar surface area (TPSA) is 64.8 Å². The van der Waals surface area contributed by atoms with E-state index in [9.17, 15) is 13.6 Å². The molecule has 22 heavy (non-hydrogen) atoms. The van der Waals surface area contributed by atoms with E-state index in [1.54, 1.807) is 4.90 Å². The van der Waals surface area contributed by atoms with Crippen molar-refractivity contribution >= 4 is 5.91 Å². The summed E-state index contributed by atoms with van der Waals surface area (Å²) in [6.07, 6.45) is -0.596. The van der Waals surface area contributed by atoms with Crippen molar-refractivity contribution < 1.29 is 23.0 Å². The zero-order chi connectivity index (χ0) is 16.1. The molecule has 0 saturated carbocycles. The molecule has 1 saturated heterocycles. The van der Waals surface area contributed by atoms with Crippen LogP contribution in [0.1, 0.15) is 18.1 Å². The number of morpholine rings is 1. The Hall–Kier alpha value is -1.57. The van der Waals surface area contributed by atoms with Crippen LogP contribution in [0.2, 0.25) is 0 Å². The third-order valence-corrected chi connectivity index (χ3v) is 3.73. The number of hydrogen-bond donors (Lipinski definition) is 1. The molecule has 7 heteroatoms. The Bertz CT molecular complexity index is 524. The van der Waals surface area contributed by atoms with E-state index in [1.807, 2.05) is 0 Å². The van der Waals surface area contributed by atoms with E-state index in [2.05, 4.69) is 0 Å². The molecule has 5 nitrogen and oxygen atoms in total. The smallest absolute Gasteiger partial charge is 0.225 e. The fourth-order valence-electron chi connectivity index (χ4n) is 2.38. The molecule has 122 valence electrons. The number of methoxy groups -OCH3 is 1. The molecule has 1 aliphatic rings. The van der Waals surface area contributed by atoms with Crippen molar-refractivity contribution in [3.63, 3.8) is 0 Å². The summed E-state index contributed by atoms with van der Waals surface area (Å²) in [5.74, 6) is -1.92. The molecular formula is C15H20F2N2O3. The zero-order valence-electron chi connectivity index (χ0n) is 12.4. The summed E-state index contributed by atoms with van der Waals surface area (Å²) in [6.45, 7) is 1.36. The third-order valence-electron chi connectivity index (χ3n) is 3.73. The summed E-state index contributed by atoms with van der Waals surface area (Å²) in [4.78, 5) is 13.9. The largest absolute Gasteiger partial charge is 0.380 e. The molecule has 1 aromatic carbocycles. The summed E-state index contributed by atoms with van der Waals surface area (Å²) in [5, 5.41) is 0. The molecule has 0 spiro atoms. The van der Waals surface area contributed by atoms with E-state index in [-0.39, 0.29) is 25.0 Å². The van der Waals surface area contributed by atoms with E-state index < -0.39 is 17.7 Å². The fourth-order valence-corrected chi connectivity index (χ4v) is 2.38. The number of ether oxygens (including phenoxy) is 2. The molecule has 0 aromatic heterocycles. The van der Waals surface area contributed by atoms with Gasteiger partial charge in [0.05, 0.1) is 25.7 Å². The van der Waals surface area contributed by atoms with Crippen LogP contribution in [0.3, 0.4) is 0 Å². The van der Waals surface area contributed by atoms with Gasteiger partial charge in [0.1, 0.15) is 6.10 Å². The quantitative estimate of drug-likeness (QED) is 0.888. The lowest BCUT2D eigenvalue weighted by molar-refractivity contribution is -0.141. The first-order chi connectivity index (χ1) is 10.5. The summed E-state index contributed by atoms with van der Waals surface area (Å²) in [7, 11) is 1.51. The van der Waals surface area contributed by atoms with Gasteiger partial charge in [0, 0.05) is 20.2 Å². The molecule has 1 fully saturated rings. The molecule has 0 radical (unpaired) electrons. The fraction of sp³-hybridized carbons (Fsp3) is 0.533. The number of carbonyl (C=O) groups is 1. The van der Waals surface area contributed by atoms with Gasteiger partial charge in [-0.2, -0.15) is 0 Å². The number of carbonyl (C=O) groups excluding carboxylic acids is 1. The molecule has 0 bridgehead atoms. The number of amides is 1. The first-order valence-corrected chi connectivity index (χ1v) is 7.12. The number of halogens is 2. The van der Waals surface area contributed by atoms with Crippen LogP contribution >= 0.6 is 0 Å². The van der Waals surface area contributed by atoms with Crippen LogP contribution in [0, 0.1) is 11.6 Å². The highest BCUT2D eigenvalue weighted by molar-refractivity contribution is 5.76. The van der Waals surface area contributed by atoms with Crippen LogP contribution in [0.5, 0.6) is 0 Å². The third kappa shape index (κ3) is 4.00. The highest BCUT2D eigenvalue weighted by atomic mass is 19.2. The molecule has 2 N–H and O–H groups in total. The first-order valence-electron chi connectivity index (χ1n) is 7.12. The van der Waals surface area contributed by atoms with Gasteiger partial charge in [0.25, 0.3) is 0 Å². The van der Waals surface area contributed by atoms with Crippen LogP contribution in [0.15, 0.2) is 18.2 Å². The molecule has 1 aliphatic heterocycles. The summed E-state index contributed by atoms with van der Waals surface area (Å²) < 4.78 is 37.0. The van der Waals surface area contributed by atoms with Crippen molar-refractivity contribution in [2.45, 2.75) is 18.6 Å². The Labute approximate surface area is 128 Å². The zero-order valence-corrected chi connectivity index (χ0v) is 12.4. The lowest BCUT2D eigenvalue weighted by Gasteiger charge is -2.34. The van der Waals surface area contributed by atoms with Gasteiger partial charge < -0.3 is 20.1 Å². The molecular weight excluding hydrogens is 294 g/mol. The normalized spacial score (nSPS) is 20.0. The van der Waals surface area contributed by atoms with Crippen molar-refractivity contribution in [3.8, 4) is 0 Å². The van der Waals surface area contributed by atoms with Crippen molar-refractivity contribution in [2.24, 2.45) is 5.73 Å². The molecule has 1 amide bonds. The SMILES string of the molecule is COC(CN)CC(=O)N1CCOC(c2ccc(F)c(F)c2)C1. The number of nitrogens with two attached hydrogens (primary N) is 1. The highest BCUT2D eigenvalue weighted by Crippen LogP contribution is 2.24. The van der Waals surface area contributed by atoms with Crippen molar-refractivity contribution in [2.75, 3.05) is 33.4 Å². The van der Waals surface area contributed by atoms with Gasteiger partial charge in [0.2, 0.25) is 5.91 Å². The maximum Gasteiger partial charge on any atom is 0.225 e. The maximum atomic E-state index is 13.3. The highest BCUT2D eigenvalue weighted by Gasteiger charge is 2.27. The van der Waals surface area contributed by atoms with Crippen molar-refractivity contribution in [1.82, 2.24) is 4.90 Å². The van der Waals surface area contributed by atoms with E-state index in [1.165, 1.54) is 13.2 Å². The van der Waals surface area contributed by atoms with Gasteiger partial charge >= 0.3 is 0 Å². The van der Waals surface area contributed by atoms with Gasteiger partial charge in [-0.3, -0.25) is 4.79 Å². The first kappa shape index (κ1) is 16.8. The average Bonchev–Trinajstić information content (AvgIpc) is 2.55. The Kier molecular flexibility index (Phi) is 5.82. The molecule has 2 unspecified atom stereocenters. The predicted molar refractivity (Wildman–Crippen MR) is 76.1 cm³/mol. The Morgan fingerprint density at radius 2 is 2.27 bits per heavy atom. The monoisotopic (exact) mass is 314 g/mol. The number of hydrogen-bond acceptors (Lipinski definition) is 4. The van der Waals surface area contributed by atoms with Crippen LogP contribution in [0.25, 0.3) is 0 Å². The molecule has 2 rings (SSSR count). The van der Waals surface area contributed by atoms with Crippen LogP contribution < -0.4 is 5.73 Å². The summed E-state index contributed by atoms with van der Waals surface area (Å²) >= 11 is 0. The Morgan fingerprint density at radius 3 is 2.91 bits per heavy atom. The van der Waals surface area contributed by atoms with Crippen molar-refractivity contribution in [3.05, 3.63) is 35.4 Å². The standard InChI is InChI=1S/C15H20F2N2O3/c1-21-11(8-18)7-15(20)19-4-5-22-14(9-19)10-2-3-12(16)13(17)6-10/h2-3,6,11,14H,4-5,7-9,18H2,1H3. The minimum atomic E-state index is -0.924.